The fourth-order valence-corrected chi connectivity index (χ4v) is 2.98. The van der Waals surface area contributed by atoms with Crippen LogP contribution in [0.1, 0.15) is 17.9 Å². The van der Waals surface area contributed by atoms with Crippen LogP contribution in [-0.2, 0) is 4.79 Å². The zero-order valence-electron chi connectivity index (χ0n) is 10.2. The summed E-state index contributed by atoms with van der Waals surface area (Å²) in [5.74, 6) is 0.797. The zero-order chi connectivity index (χ0) is 12.5. The Morgan fingerprint density at radius 2 is 2.00 bits per heavy atom. The van der Waals surface area contributed by atoms with Gasteiger partial charge in [0.25, 0.3) is 0 Å². The summed E-state index contributed by atoms with van der Waals surface area (Å²) in [5, 5.41) is 4.06. The van der Waals surface area contributed by atoms with E-state index >= 15 is 0 Å². The molecule has 0 aromatic heterocycles. The summed E-state index contributed by atoms with van der Waals surface area (Å²) >= 11 is 6.18. The van der Waals surface area contributed by atoms with Crippen LogP contribution in [-0.4, -0.2) is 37.0 Å². The number of amides is 1. The molecule has 1 aliphatic heterocycles. The van der Waals surface area contributed by atoms with E-state index in [2.05, 4.69) is 5.32 Å². The molecule has 18 heavy (non-hydrogen) atoms. The largest absolute Gasteiger partial charge is 0.340 e. The summed E-state index contributed by atoms with van der Waals surface area (Å²) in [5.41, 5.74) is 1.13. The van der Waals surface area contributed by atoms with Crippen LogP contribution in [0.4, 0.5) is 0 Å². The van der Waals surface area contributed by atoms with Crippen LogP contribution in [0.3, 0.4) is 0 Å². The van der Waals surface area contributed by atoms with Crippen molar-refractivity contribution < 1.29 is 4.79 Å². The quantitative estimate of drug-likeness (QED) is 0.885. The summed E-state index contributed by atoms with van der Waals surface area (Å²) in [6, 6.07) is 7.87. The standard InChI is InChI=1S/C14H17ClN2O/c15-13-4-2-1-3-10(13)11-9-12(11)14(18)17-7-5-16-6-8-17/h1-4,11-12,16H,5-9H2/t11-,12-/m1/s1. The Labute approximate surface area is 112 Å². The molecule has 2 atom stereocenters. The number of carbonyl (C=O) groups is 1. The van der Waals surface area contributed by atoms with Gasteiger partial charge in [0, 0.05) is 37.1 Å². The van der Waals surface area contributed by atoms with Crippen molar-refractivity contribution in [3.8, 4) is 0 Å². The second kappa shape index (κ2) is 4.90. The summed E-state index contributed by atoms with van der Waals surface area (Å²) in [7, 11) is 0. The van der Waals surface area contributed by atoms with E-state index in [9.17, 15) is 4.79 Å². The first-order chi connectivity index (χ1) is 8.77. The van der Waals surface area contributed by atoms with Crippen molar-refractivity contribution >= 4 is 17.5 Å². The van der Waals surface area contributed by atoms with Gasteiger partial charge in [-0.25, -0.2) is 0 Å². The average Bonchev–Trinajstić information content (AvgIpc) is 3.20. The number of hydrogen-bond acceptors (Lipinski definition) is 2. The Morgan fingerprint density at radius 3 is 2.72 bits per heavy atom. The first-order valence-corrected chi connectivity index (χ1v) is 6.89. The van der Waals surface area contributed by atoms with Gasteiger partial charge in [-0.1, -0.05) is 29.8 Å². The highest BCUT2D eigenvalue weighted by atomic mass is 35.5. The normalized spacial score (nSPS) is 27.1. The second-order valence-corrected chi connectivity index (χ2v) is 5.45. The van der Waals surface area contributed by atoms with Crippen LogP contribution >= 0.6 is 11.6 Å². The molecular formula is C14H17ClN2O. The van der Waals surface area contributed by atoms with E-state index in [1.165, 1.54) is 0 Å². The molecule has 3 rings (SSSR count). The van der Waals surface area contributed by atoms with Crippen molar-refractivity contribution in [1.29, 1.82) is 0 Å². The smallest absolute Gasteiger partial charge is 0.226 e. The number of hydrogen-bond donors (Lipinski definition) is 1. The van der Waals surface area contributed by atoms with Gasteiger partial charge in [-0.2, -0.15) is 0 Å². The fourth-order valence-electron chi connectivity index (χ4n) is 2.71. The molecule has 1 aromatic carbocycles. The topological polar surface area (TPSA) is 32.3 Å². The van der Waals surface area contributed by atoms with Gasteiger partial charge in [0.05, 0.1) is 0 Å². The molecule has 2 aliphatic rings. The van der Waals surface area contributed by atoms with Gasteiger partial charge >= 0.3 is 0 Å². The van der Waals surface area contributed by atoms with Crippen molar-refractivity contribution in [1.82, 2.24) is 10.2 Å². The minimum absolute atomic E-state index is 0.156. The number of benzene rings is 1. The Bertz CT molecular complexity index is 457. The van der Waals surface area contributed by atoms with Gasteiger partial charge < -0.3 is 10.2 Å². The third-order valence-electron chi connectivity index (χ3n) is 3.84. The molecule has 0 bridgehead atoms. The number of nitrogens with one attached hydrogen (secondary N) is 1. The number of carbonyl (C=O) groups excluding carboxylic acids is 1. The van der Waals surface area contributed by atoms with E-state index in [-0.39, 0.29) is 5.92 Å². The van der Waals surface area contributed by atoms with E-state index in [4.69, 9.17) is 11.6 Å². The Balaban J connectivity index is 1.67. The molecular weight excluding hydrogens is 248 g/mol. The van der Waals surface area contributed by atoms with Crippen molar-refractivity contribution in [3.63, 3.8) is 0 Å². The Morgan fingerprint density at radius 1 is 1.28 bits per heavy atom. The van der Waals surface area contributed by atoms with Crippen molar-refractivity contribution in [2.75, 3.05) is 26.2 Å². The lowest BCUT2D eigenvalue weighted by molar-refractivity contribution is -0.133. The molecule has 1 N–H and O–H groups in total. The Kier molecular flexibility index (Phi) is 3.27. The van der Waals surface area contributed by atoms with Crippen LogP contribution in [0, 0.1) is 5.92 Å². The lowest BCUT2D eigenvalue weighted by Crippen LogP contribution is -2.47. The number of nitrogens with zero attached hydrogens (tertiary/aromatic N) is 1. The minimum Gasteiger partial charge on any atom is -0.340 e. The molecule has 4 heteroatoms. The monoisotopic (exact) mass is 264 g/mol. The maximum absolute atomic E-state index is 12.3. The predicted molar refractivity (Wildman–Crippen MR) is 71.7 cm³/mol. The fraction of sp³-hybridized carbons (Fsp3) is 0.500. The minimum atomic E-state index is 0.156. The van der Waals surface area contributed by atoms with Gasteiger partial charge in [-0.05, 0) is 24.0 Å². The summed E-state index contributed by atoms with van der Waals surface area (Å²) in [4.78, 5) is 14.3. The van der Waals surface area contributed by atoms with E-state index in [1.807, 2.05) is 29.2 Å². The number of rotatable bonds is 2. The predicted octanol–water partition coefficient (Wildman–Crippen LogP) is 1.88. The van der Waals surface area contributed by atoms with Crippen LogP contribution in [0.15, 0.2) is 24.3 Å². The summed E-state index contributed by atoms with van der Waals surface area (Å²) in [6.07, 6.45) is 0.951. The van der Waals surface area contributed by atoms with Crippen LogP contribution < -0.4 is 5.32 Å². The van der Waals surface area contributed by atoms with E-state index in [1.54, 1.807) is 0 Å². The second-order valence-electron chi connectivity index (χ2n) is 5.05. The number of piperazine rings is 1. The van der Waals surface area contributed by atoms with Crippen LogP contribution in [0.25, 0.3) is 0 Å². The van der Waals surface area contributed by atoms with Crippen molar-refractivity contribution in [2.24, 2.45) is 5.92 Å². The first kappa shape index (κ1) is 12.0. The number of halogens is 1. The molecule has 1 saturated heterocycles. The molecule has 1 aromatic rings. The third kappa shape index (κ3) is 2.25. The van der Waals surface area contributed by atoms with Crippen LogP contribution in [0.5, 0.6) is 0 Å². The van der Waals surface area contributed by atoms with Gasteiger partial charge in [0.1, 0.15) is 0 Å². The molecule has 1 saturated carbocycles. The third-order valence-corrected chi connectivity index (χ3v) is 4.19. The van der Waals surface area contributed by atoms with Gasteiger partial charge in [-0.3, -0.25) is 4.79 Å². The van der Waals surface area contributed by atoms with Crippen LogP contribution in [0.2, 0.25) is 5.02 Å². The van der Waals surface area contributed by atoms with Gasteiger partial charge in [0.15, 0.2) is 0 Å². The molecule has 1 amide bonds. The highest BCUT2D eigenvalue weighted by molar-refractivity contribution is 6.31. The maximum atomic E-state index is 12.3. The molecule has 0 unspecified atom stereocenters. The molecule has 1 aliphatic carbocycles. The lowest BCUT2D eigenvalue weighted by Gasteiger charge is -2.27. The van der Waals surface area contributed by atoms with E-state index in [0.29, 0.717) is 11.8 Å². The molecule has 2 fully saturated rings. The summed E-state index contributed by atoms with van der Waals surface area (Å²) < 4.78 is 0. The van der Waals surface area contributed by atoms with Gasteiger partial charge in [0.2, 0.25) is 5.91 Å². The maximum Gasteiger partial charge on any atom is 0.226 e. The molecule has 0 radical (unpaired) electrons. The molecule has 96 valence electrons. The Hall–Kier alpha value is -1.06. The zero-order valence-corrected chi connectivity index (χ0v) is 11.0. The van der Waals surface area contributed by atoms with Crippen molar-refractivity contribution in [2.45, 2.75) is 12.3 Å². The first-order valence-electron chi connectivity index (χ1n) is 6.51. The molecule has 1 heterocycles. The van der Waals surface area contributed by atoms with E-state index in [0.717, 1.165) is 43.2 Å². The molecule has 0 spiro atoms. The average molecular weight is 265 g/mol. The van der Waals surface area contributed by atoms with Gasteiger partial charge in [-0.15, -0.1) is 0 Å². The SMILES string of the molecule is O=C([C@@H]1C[C@@H]1c1ccccc1Cl)N1CCNCC1. The molecule has 3 nitrogen and oxygen atoms in total. The lowest BCUT2D eigenvalue weighted by atomic mass is 10.1. The highest BCUT2D eigenvalue weighted by Crippen LogP contribution is 2.50. The highest BCUT2D eigenvalue weighted by Gasteiger charge is 2.46. The summed E-state index contributed by atoms with van der Waals surface area (Å²) in [6.45, 7) is 3.50. The van der Waals surface area contributed by atoms with E-state index < -0.39 is 0 Å². The van der Waals surface area contributed by atoms with Crippen molar-refractivity contribution in [3.05, 3.63) is 34.9 Å².